The number of carbonyl (C=O) groups is 2. The standard InChI is InChI=1S/C29H36N2O4/c1-20(32)35-25-10-6-9-23(15-25)29-13-14-31(18-21-11-12-21)19-26(29)27(34-2)16-24(17-29)30-28(33)22-7-4-3-5-8-22/h3-10,15,21,24,26-27H,11-14,16-19H2,1-2H3,(H,30,33)/t24-,26?,27?,29?/m0/s1. The number of piperidine rings is 1. The second-order valence-electron chi connectivity index (χ2n) is 10.6. The van der Waals surface area contributed by atoms with Crippen molar-refractivity contribution in [3.63, 3.8) is 0 Å². The van der Waals surface area contributed by atoms with E-state index in [2.05, 4.69) is 16.3 Å². The third kappa shape index (κ3) is 5.29. The fraction of sp³-hybridized carbons (Fsp3) is 0.517. The Morgan fingerprint density at radius 3 is 2.63 bits per heavy atom. The van der Waals surface area contributed by atoms with E-state index in [0.29, 0.717) is 17.2 Å². The van der Waals surface area contributed by atoms with Crippen LogP contribution in [0.5, 0.6) is 5.75 Å². The number of fused-ring (bicyclic) bond motifs is 1. The van der Waals surface area contributed by atoms with Gasteiger partial charge < -0.3 is 19.7 Å². The Kier molecular flexibility index (Phi) is 6.94. The molecule has 3 fully saturated rings. The number of nitrogens with one attached hydrogen (secondary N) is 1. The number of likely N-dealkylation sites (tertiary alicyclic amines) is 1. The van der Waals surface area contributed by atoms with E-state index in [-0.39, 0.29) is 29.4 Å². The first kappa shape index (κ1) is 24.0. The molecule has 1 aliphatic heterocycles. The molecule has 0 bridgehead atoms. The van der Waals surface area contributed by atoms with Gasteiger partial charge in [0, 0.05) is 50.1 Å². The Labute approximate surface area is 208 Å². The molecule has 0 radical (unpaired) electrons. The van der Waals surface area contributed by atoms with Crippen molar-refractivity contribution in [3.8, 4) is 5.75 Å². The summed E-state index contributed by atoms with van der Waals surface area (Å²) in [6.07, 6.45) is 5.35. The van der Waals surface area contributed by atoms with Crippen LogP contribution in [0.1, 0.15) is 54.9 Å². The lowest BCUT2D eigenvalue weighted by Gasteiger charge is -2.55. The van der Waals surface area contributed by atoms with Crippen LogP contribution in [0.2, 0.25) is 0 Å². The van der Waals surface area contributed by atoms with Gasteiger partial charge in [0.25, 0.3) is 5.91 Å². The van der Waals surface area contributed by atoms with Crippen molar-refractivity contribution in [1.29, 1.82) is 0 Å². The fourth-order valence-electron chi connectivity index (χ4n) is 6.35. The molecule has 1 heterocycles. The van der Waals surface area contributed by atoms with E-state index in [0.717, 1.165) is 38.3 Å². The monoisotopic (exact) mass is 476 g/mol. The van der Waals surface area contributed by atoms with Crippen molar-refractivity contribution in [1.82, 2.24) is 10.2 Å². The summed E-state index contributed by atoms with van der Waals surface area (Å²) >= 11 is 0. The third-order valence-electron chi connectivity index (χ3n) is 8.17. The number of methoxy groups -OCH3 is 1. The first-order chi connectivity index (χ1) is 17.0. The maximum Gasteiger partial charge on any atom is 0.308 e. The minimum absolute atomic E-state index is 0.00345. The van der Waals surface area contributed by atoms with Crippen LogP contribution in [0.15, 0.2) is 54.6 Å². The molecule has 1 N–H and O–H groups in total. The second-order valence-corrected chi connectivity index (χ2v) is 10.6. The summed E-state index contributed by atoms with van der Waals surface area (Å²) in [6.45, 7) is 4.62. The number of carbonyl (C=O) groups excluding carboxylic acids is 2. The van der Waals surface area contributed by atoms with Crippen LogP contribution in [0.3, 0.4) is 0 Å². The maximum atomic E-state index is 13.0. The minimum atomic E-state index is -0.318. The molecule has 2 aliphatic carbocycles. The van der Waals surface area contributed by atoms with Crippen molar-refractivity contribution in [2.45, 2.75) is 56.6 Å². The molecule has 6 heteroatoms. The second kappa shape index (κ2) is 10.1. The number of hydrogen-bond donors (Lipinski definition) is 1. The zero-order chi connectivity index (χ0) is 24.4. The van der Waals surface area contributed by atoms with E-state index in [1.807, 2.05) is 48.5 Å². The molecule has 35 heavy (non-hydrogen) atoms. The van der Waals surface area contributed by atoms with E-state index < -0.39 is 0 Å². The third-order valence-corrected chi connectivity index (χ3v) is 8.17. The van der Waals surface area contributed by atoms with Gasteiger partial charge in [0.1, 0.15) is 5.75 Å². The molecule has 6 nitrogen and oxygen atoms in total. The van der Waals surface area contributed by atoms with Crippen molar-refractivity contribution in [2.24, 2.45) is 11.8 Å². The number of ether oxygens (including phenoxy) is 2. The lowest BCUT2D eigenvalue weighted by atomic mass is 9.57. The van der Waals surface area contributed by atoms with E-state index in [1.54, 1.807) is 7.11 Å². The summed E-state index contributed by atoms with van der Waals surface area (Å²) in [5.74, 6) is 1.36. The normalized spacial score (nSPS) is 28.7. The van der Waals surface area contributed by atoms with Crippen LogP contribution < -0.4 is 10.1 Å². The Morgan fingerprint density at radius 2 is 1.91 bits per heavy atom. The molecule has 1 saturated heterocycles. The fourth-order valence-corrected chi connectivity index (χ4v) is 6.35. The molecule has 1 amide bonds. The van der Waals surface area contributed by atoms with Crippen LogP contribution in [0.25, 0.3) is 0 Å². The number of hydrogen-bond acceptors (Lipinski definition) is 5. The van der Waals surface area contributed by atoms with E-state index in [4.69, 9.17) is 9.47 Å². The molecule has 186 valence electrons. The summed E-state index contributed by atoms with van der Waals surface area (Å²) in [5, 5.41) is 3.31. The molecule has 4 atom stereocenters. The van der Waals surface area contributed by atoms with Crippen LogP contribution in [-0.2, 0) is 14.9 Å². The van der Waals surface area contributed by atoms with Crippen molar-refractivity contribution >= 4 is 11.9 Å². The van der Waals surface area contributed by atoms with Crippen LogP contribution in [0.4, 0.5) is 0 Å². The number of rotatable bonds is 7. The predicted molar refractivity (Wildman–Crippen MR) is 134 cm³/mol. The first-order valence-electron chi connectivity index (χ1n) is 12.9. The van der Waals surface area contributed by atoms with Crippen molar-refractivity contribution in [3.05, 3.63) is 65.7 Å². The molecular formula is C29H36N2O4. The zero-order valence-corrected chi connectivity index (χ0v) is 20.7. The Morgan fingerprint density at radius 1 is 1.11 bits per heavy atom. The lowest BCUT2D eigenvalue weighted by molar-refractivity contribution is -0.131. The van der Waals surface area contributed by atoms with Crippen LogP contribution in [0, 0.1) is 11.8 Å². The van der Waals surface area contributed by atoms with Gasteiger partial charge in [-0.15, -0.1) is 0 Å². The summed E-state index contributed by atoms with van der Waals surface area (Å²) in [6, 6.07) is 17.4. The van der Waals surface area contributed by atoms with Gasteiger partial charge in [-0.3, -0.25) is 9.59 Å². The van der Waals surface area contributed by atoms with Gasteiger partial charge in [-0.1, -0.05) is 30.3 Å². The van der Waals surface area contributed by atoms with Gasteiger partial charge in [-0.05, 0) is 74.4 Å². The highest BCUT2D eigenvalue weighted by Gasteiger charge is 2.53. The molecule has 2 saturated carbocycles. The average Bonchev–Trinajstić information content (AvgIpc) is 3.68. The number of esters is 1. The number of benzene rings is 2. The molecular weight excluding hydrogens is 440 g/mol. The molecule has 2 aromatic rings. The van der Waals surface area contributed by atoms with Crippen molar-refractivity contribution in [2.75, 3.05) is 26.7 Å². The summed E-state index contributed by atoms with van der Waals surface area (Å²) in [5.41, 5.74) is 1.69. The first-order valence-corrected chi connectivity index (χ1v) is 12.9. The molecule has 0 spiro atoms. The average molecular weight is 477 g/mol. The Balaban J connectivity index is 1.46. The van der Waals surface area contributed by atoms with Gasteiger partial charge >= 0.3 is 5.97 Å². The highest BCUT2D eigenvalue weighted by atomic mass is 16.5. The molecule has 2 aromatic carbocycles. The highest BCUT2D eigenvalue weighted by molar-refractivity contribution is 5.94. The van der Waals surface area contributed by atoms with Gasteiger partial charge in [0.2, 0.25) is 0 Å². The van der Waals surface area contributed by atoms with Gasteiger partial charge in [-0.25, -0.2) is 0 Å². The smallest absolute Gasteiger partial charge is 0.308 e. The Hall–Kier alpha value is -2.70. The Bertz CT molecular complexity index is 1050. The largest absolute Gasteiger partial charge is 0.427 e. The van der Waals surface area contributed by atoms with Crippen molar-refractivity contribution < 1.29 is 19.1 Å². The van der Waals surface area contributed by atoms with E-state index >= 15 is 0 Å². The predicted octanol–water partition coefficient (Wildman–Crippen LogP) is 4.19. The molecule has 5 rings (SSSR count). The molecule has 3 unspecified atom stereocenters. The van der Waals surface area contributed by atoms with E-state index in [9.17, 15) is 9.59 Å². The maximum absolute atomic E-state index is 13.0. The number of amides is 1. The summed E-state index contributed by atoms with van der Waals surface area (Å²) < 4.78 is 11.6. The quantitative estimate of drug-likeness (QED) is 0.480. The molecule has 0 aromatic heterocycles. The van der Waals surface area contributed by atoms with Gasteiger partial charge in [-0.2, -0.15) is 0 Å². The molecule has 3 aliphatic rings. The van der Waals surface area contributed by atoms with Gasteiger partial charge in [0.15, 0.2) is 0 Å². The minimum Gasteiger partial charge on any atom is -0.427 e. The summed E-state index contributed by atoms with van der Waals surface area (Å²) in [4.78, 5) is 27.3. The van der Waals surface area contributed by atoms with Crippen LogP contribution >= 0.6 is 0 Å². The SMILES string of the molecule is COC1C[C@H](NC(=O)c2ccccc2)CC2(c3cccc(OC(C)=O)c3)CCN(CC3CC3)CC12. The topological polar surface area (TPSA) is 67.9 Å². The lowest BCUT2D eigenvalue weighted by Crippen LogP contribution is -2.61. The zero-order valence-electron chi connectivity index (χ0n) is 20.7. The summed E-state index contributed by atoms with van der Waals surface area (Å²) in [7, 11) is 1.80. The van der Waals surface area contributed by atoms with Gasteiger partial charge in [0.05, 0.1) is 6.10 Å². The van der Waals surface area contributed by atoms with E-state index in [1.165, 1.54) is 31.9 Å². The van der Waals surface area contributed by atoms with Crippen LogP contribution in [-0.4, -0.2) is 55.7 Å². The highest BCUT2D eigenvalue weighted by Crippen LogP contribution is 2.51. The number of nitrogens with zero attached hydrogens (tertiary/aromatic N) is 1.